The van der Waals surface area contributed by atoms with Gasteiger partial charge in [0.05, 0.1) is 16.6 Å². The molecule has 1 aromatic carbocycles. The Kier molecular flexibility index (Phi) is 8.23. The SMILES string of the molecule is CNC(CC(=N)C(C)(C)C)NC(=O)C(C(C)C)S(=O)(=O)c1ccc(C(F)(F)F)cc1. The molecule has 0 saturated heterocycles. The molecule has 30 heavy (non-hydrogen) atoms. The monoisotopic (exact) mass is 449 g/mol. The summed E-state index contributed by atoms with van der Waals surface area (Å²) >= 11 is 0. The van der Waals surface area contributed by atoms with Crippen LogP contribution in [0.15, 0.2) is 29.2 Å². The van der Waals surface area contributed by atoms with Gasteiger partial charge in [-0.05, 0) is 42.6 Å². The van der Waals surface area contributed by atoms with E-state index >= 15 is 0 Å². The maximum atomic E-state index is 13.0. The Morgan fingerprint density at radius 1 is 1.10 bits per heavy atom. The zero-order chi connectivity index (χ0) is 23.5. The lowest BCUT2D eigenvalue weighted by Gasteiger charge is -2.27. The summed E-state index contributed by atoms with van der Waals surface area (Å²) in [6, 6.07) is 3.10. The molecule has 3 N–H and O–H groups in total. The van der Waals surface area contributed by atoms with Crippen molar-refractivity contribution < 1.29 is 26.4 Å². The van der Waals surface area contributed by atoms with E-state index in [0.717, 1.165) is 12.1 Å². The van der Waals surface area contributed by atoms with Gasteiger partial charge in [0, 0.05) is 12.1 Å². The number of hydrogen-bond donors (Lipinski definition) is 3. The topological polar surface area (TPSA) is 99.1 Å². The first-order valence-corrected chi connectivity index (χ1v) is 11.0. The van der Waals surface area contributed by atoms with E-state index in [9.17, 15) is 26.4 Å². The van der Waals surface area contributed by atoms with E-state index in [1.54, 1.807) is 20.9 Å². The van der Waals surface area contributed by atoms with Gasteiger partial charge in [-0.3, -0.25) is 4.79 Å². The molecule has 0 spiro atoms. The van der Waals surface area contributed by atoms with Crippen molar-refractivity contribution in [2.24, 2.45) is 11.3 Å². The van der Waals surface area contributed by atoms with Crippen LogP contribution in [0.5, 0.6) is 0 Å². The molecule has 0 aliphatic rings. The number of alkyl halides is 3. The van der Waals surface area contributed by atoms with Crippen molar-refractivity contribution in [2.75, 3.05) is 7.05 Å². The second-order valence-corrected chi connectivity index (χ2v) is 10.6. The summed E-state index contributed by atoms with van der Waals surface area (Å²) in [7, 11) is -2.65. The van der Waals surface area contributed by atoms with E-state index in [1.807, 2.05) is 20.8 Å². The number of benzene rings is 1. The minimum atomic E-state index is -4.59. The standard InChI is InChI=1S/C20H30F3N3O3S/c1-12(2)17(18(27)26-16(25-6)11-15(24)19(3,4)5)30(28,29)14-9-7-13(8-10-14)20(21,22)23/h7-10,12,16-17,24-25H,11H2,1-6H3,(H,26,27). The van der Waals surface area contributed by atoms with Crippen LogP contribution < -0.4 is 10.6 Å². The summed E-state index contributed by atoms with van der Waals surface area (Å²) in [5.74, 6) is -1.40. The fourth-order valence-electron chi connectivity index (χ4n) is 2.77. The summed E-state index contributed by atoms with van der Waals surface area (Å²) in [5, 5.41) is 12.1. The second kappa shape index (κ2) is 9.47. The van der Waals surface area contributed by atoms with Crippen molar-refractivity contribution in [3.05, 3.63) is 29.8 Å². The van der Waals surface area contributed by atoms with Gasteiger partial charge in [0.25, 0.3) is 0 Å². The van der Waals surface area contributed by atoms with Crippen LogP contribution in [0.25, 0.3) is 0 Å². The molecule has 0 aliphatic heterocycles. The fourth-order valence-corrected chi connectivity index (χ4v) is 4.65. The first-order chi connectivity index (χ1) is 13.5. The number of rotatable bonds is 8. The van der Waals surface area contributed by atoms with Gasteiger partial charge in [-0.15, -0.1) is 0 Å². The summed E-state index contributed by atoms with van der Waals surface area (Å²) in [6.07, 6.45) is -5.07. The van der Waals surface area contributed by atoms with Crippen LogP contribution in [0.4, 0.5) is 13.2 Å². The Labute approximate surface area is 176 Å². The minimum Gasteiger partial charge on any atom is -0.339 e. The molecule has 170 valence electrons. The zero-order valence-electron chi connectivity index (χ0n) is 18.0. The van der Waals surface area contributed by atoms with Crippen LogP contribution in [-0.2, 0) is 20.8 Å². The fraction of sp³-hybridized carbons (Fsp3) is 0.600. The quantitative estimate of drug-likeness (QED) is 0.417. The highest BCUT2D eigenvalue weighted by Crippen LogP contribution is 2.31. The van der Waals surface area contributed by atoms with Gasteiger partial charge in [-0.2, -0.15) is 13.2 Å². The van der Waals surface area contributed by atoms with Crippen molar-refractivity contribution in [3.8, 4) is 0 Å². The zero-order valence-corrected chi connectivity index (χ0v) is 18.8. The predicted octanol–water partition coefficient (Wildman–Crippen LogP) is 3.62. The minimum absolute atomic E-state index is 0.177. The molecule has 10 heteroatoms. The van der Waals surface area contributed by atoms with E-state index in [2.05, 4.69) is 10.6 Å². The molecule has 0 aliphatic carbocycles. The molecule has 6 nitrogen and oxygen atoms in total. The Hall–Kier alpha value is -1.94. The summed E-state index contributed by atoms with van der Waals surface area (Å²) in [5.41, 5.74) is -1.01. The van der Waals surface area contributed by atoms with E-state index in [4.69, 9.17) is 5.41 Å². The van der Waals surface area contributed by atoms with E-state index in [0.29, 0.717) is 17.8 Å². The number of carbonyl (C=O) groups excluding carboxylic acids is 1. The van der Waals surface area contributed by atoms with Crippen LogP contribution in [0.3, 0.4) is 0 Å². The molecule has 1 amide bonds. The molecule has 0 heterocycles. The third kappa shape index (κ3) is 6.53. The maximum absolute atomic E-state index is 13.0. The molecule has 0 radical (unpaired) electrons. The van der Waals surface area contributed by atoms with Gasteiger partial charge in [0.15, 0.2) is 9.84 Å². The highest BCUT2D eigenvalue weighted by molar-refractivity contribution is 7.92. The lowest BCUT2D eigenvalue weighted by atomic mass is 9.87. The van der Waals surface area contributed by atoms with Gasteiger partial charge in [-0.1, -0.05) is 34.6 Å². The second-order valence-electron chi connectivity index (χ2n) is 8.51. The lowest BCUT2D eigenvalue weighted by Crippen LogP contribution is -2.52. The van der Waals surface area contributed by atoms with Crippen LogP contribution in [0.1, 0.15) is 46.6 Å². The predicted molar refractivity (Wildman–Crippen MR) is 110 cm³/mol. The first-order valence-electron chi connectivity index (χ1n) is 9.48. The number of hydrogen-bond acceptors (Lipinski definition) is 5. The molecular formula is C20H30F3N3O3S. The largest absolute Gasteiger partial charge is 0.416 e. The van der Waals surface area contributed by atoms with Gasteiger partial charge >= 0.3 is 6.18 Å². The Morgan fingerprint density at radius 2 is 1.60 bits per heavy atom. The van der Waals surface area contributed by atoms with Gasteiger partial charge < -0.3 is 16.0 Å². The summed E-state index contributed by atoms with van der Waals surface area (Å²) in [4.78, 5) is 12.5. The van der Waals surface area contributed by atoms with E-state index < -0.39 is 50.2 Å². The van der Waals surface area contributed by atoms with Gasteiger partial charge in [-0.25, -0.2) is 8.42 Å². The highest BCUT2D eigenvalue weighted by Gasteiger charge is 2.38. The number of carbonyl (C=O) groups is 1. The highest BCUT2D eigenvalue weighted by atomic mass is 32.2. The van der Waals surface area contributed by atoms with Crippen LogP contribution >= 0.6 is 0 Å². The maximum Gasteiger partial charge on any atom is 0.416 e. The summed E-state index contributed by atoms with van der Waals surface area (Å²) < 4.78 is 64.3. The van der Waals surface area contributed by atoms with Crippen molar-refractivity contribution in [3.63, 3.8) is 0 Å². The van der Waals surface area contributed by atoms with Crippen LogP contribution in [0.2, 0.25) is 0 Å². The Morgan fingerprint density at radius 3 is 1.97 bits per heavy atom. The molecule has 1 aromatic rings. The number of sulfone groups is 1. The normalized spacial score (nSPS) is 15.0. The first kappa shape index (κ1) is 26.1. The molecule has 0 bridgehead atoms. The van der Waals surface area contributed by atoms with E-state index in [-0.39, 0.29) is 11.3 Å². The van der Waals surface area contributed by atoms with Gasteiger partial charge in [0.2, 0.25) is 5.91 Å². The number of amides is 1. The number of halogens is 3. The third-order valence-electron chi connectivity index (χ3n) is 4.69. The molecule has 1 rings (SSSR count). The molecule has 0 saturated carbocycles. The van der Waals surface area contributed by atoms with Crippen molar-refractivity contribution in [1.82, 2.24) is 10.6 Å². The van der Waals surface area contributed by atoms with Crippen molar-refractivity contribution in [1.29, 1.82) is 5.41 Å². The van der Waals surface area contributed by atoms with Crippen molar-refractivity contribution >= 4 is 21.5 Å². The molecule has 0 fully saturated rings. The third-order valence-corrected chi connectivity index (χ3v) is 7.04. The smallest absolute Gasteiger partial charge is 0.339 e. The average molecular weight is 450 g/mol. The summed E-state index contributed by atoms with van der Waals surface area (Å²) in [6.45, 7) is 8.68. The molecule has 2 atom stereocenters. The average Bonchev–Trinajstić information content (AvgIpc) is 2.58. The van der Waals surface area contributed by atoms with Crippen LogP contribution in [-0.4, -0.2) is 38.5 Å². The molecule has 0 aromatic heterocycles. The lowest BCUT2D eigenvalue weighted by molar-refractivity contribution is -0.137. The number of nitrogens with one attached hydrogen (secondary N) is 3. The van der Waals surface area contributed by atoms with Crippen molar-refractivity contribution in [2.45, 2.75) is 63.5 Å². The Bertz CT molecular complexity index is 858. The molecule has 2 unspecified atom stereocenters. The van der Waals surface area contributed by atoms with E-state index in [1.165, 1.54) is 0 Å². The van der Waals surface area contributed by atoms with Gasteiger partial charge in [0.1, 0.15) is 5.25 Å². The Balaban J connectivity index is 3.14. The van der Waals surface area contributed by atoms with Crippen LogP contribution in [0, 0.1) is 16.7 Å². The molecular weight excluding hydrogens is 419 g/mol.